The Morgan fingerprint density at radius 3 is 2.19 bits per heavy atom. The molecule has 0 spiro atoms. The number of aliphatic hydroxyl groups excluding tert-OH is 1. The van der Waals surface area contributed by atoms with Crippen LogP contribution in [0.2, 0.25) is 0 Å². The van der Waals surface area contributed by atoms with Gasteiger partial charge in [-0.05, 0) is 104 Å². The van der Waals surface area contributed by atoms with E-state index in [1.54, 1.807) is 6.92 Å². The number of benzene rings is 2. The molecule has 4 rings (SSSR count). The Bertz CT molecular complexity index is 1070. The van der Waals surface area contributed by atoms with Crippen LogP contribution in [-0.4, -0.2) is 17.7 Å². The molecule has 0 aliphatic heterocycles. The summed E-state index contributed by atoms with van der Waals surface area (Å²) in [5.41, 5.74) is 4.98. The summed E-state index contributed by atoms with van der Waals surface area (Å²) in [7, 11) is 0. The van der Waals surface area contributed by atoms with Gasteiger partial charge in [0.15, 0.2) is 0 Å². The van der Waals surface area contributed by atoms with Crippen LogP contribution in [0.15, 0.2) is 67.1 Å². The van der Waals surface area contributed by atoms with Crippen molar-refractivity contribution in [2.75, 3.05) is 6.61 Å². The summed E-state index contributed by atoms with van der Waals surface area (Å²) in [6.07, 6.45) is 13.7. The molecule has 0 saturated heterocycles. The molecule has 4 heteroatoms. The van der Waals surface area contributed by atoms with E-state index in [2.05, 4.69) is 43.8 Å². The lowest BCUT2D eigenvalue weighted by molar-refractivity contribution is -0.138. The Labute approximate surface area is 222 Å². The van der Waals surface area contributed by atoms with Crippen molar-refractivity contribution >= 4 is 5.97 Å². The largest absolute Gasteiger partial charge is 0.512 e. The summed E-state index contributed by atoms with van der Waals surface area (Å²) in [6, 6.07) is 15.0. The van der Waals surface area contributed by atoms with E-state index in [1.165, 1.54) is 63.2 Å². The van der Waals surface area contributed by atoms with Gasteiger partial charge in [-0.2, -0.15) is 0 Å². The highest BCUT2D eigenvalue weighted by atomic mass is 16.5. The Kier molecular flexibility index (Phi) is 9.49. The van der Waals surface area contributed by atoms with Crippen LogP contribution in [-0.2, 0) is 16.0 Å². The molecule has 37 heavy (non-hydrogen) atoms. The van der Waals surface area contributed by atoms with Gasteiger partial charge < -0.3 is 14.6 Å². The zero-order valence-electron chi connectivity index (χ0n) is 22.5. The van der Waals surface area contributed by atoms with E-state index < -0.39 is 5.97 Å². The van der Waals surface area contributed by atoms with Gasteiger partial charge in [0.1, 0.15) is 18.3 Å². The first-order valence-electron chi connectivity index (χ1n) is 14.0. The van der Waals surface area contributed by atoms with Crippen LogP contribution in [0.1, 0.15) is 82.3 Å². The number of hydrogen-bond donors (Lipinski definition) is 1. The fraction of sp³-hybridized carbons (Fsp3) is 0.485. The summed E-state index contributed by atoms with van der Waals surface area (Å²) < 4.78 is 10.8. The number of aliphatic hydroxyl groups is 1. The maximum atomic E-state index is 11.8. The van der Waals surface area contributed by atoms with Gasteiger partial charge in [0.25, 0.3) is 0 Å². The summed E-state index contributed by atoms with van der Waals surface area (Å²) in [6.45, 7) is 7.90. The molecule has 2 fully saturated rings. The summed E-state index contributed by atoms with van der Waals surface area (Å²) >= 11 is 0. The lowest BCUT2D eigenvalue weighted by Crippen LogP contribution is -2.24. The molecule has 2 aromatic rings. The van der Waals surface area contributed by atoms with E-state index in [0.29, 0.717) is 23.7 Å². The topological polar surface area (TPSA) is 55.8 Å². The van der Waals surface area contributed by atoms with Crippen LogP contribution in [0, 0.1) is 17.8 Å². The van der Waals surface area contributed by atoms with Crippen molar-refractivity contribution in [1.82, 2.24) is 0 Å². The first-order valence-corrected chi connectivity index (χ1v) is 14.0. The lowest BCUT2D eigenvalue weighted by atomic mass is 9.68. The van der Waals surface area contributed by atoms with Crippen LogP contribution >= 0.6 is 0 Å². The Balaban J connectivity index is 1.39. The average Bonchev–Trinajstić information content (AvgIpc) is 2.93. The molecule has 4 nitrogen and oxygen atoms in total. The predicted molar refractivity (Wildman–Crippen MR) is 150 cm³/mol. The molecule has 1 N–H and O–H groups in total. The molecule has 0 atom stereocenters. The lowest BCUT2D eigenvalue weighted by Gasteiger charge is -2.37. The zero-order chi connectivity index (χ0) is 26.2. The standard InChI is InChI=1S/C33H42O4/c1-23(2)33(35)37-20-18-31-22-30(16-17-32(31)36-21-19-34)29-14-12-28(13-15-29)27-10-8-26(9-11-27)25-6-4-24(3)5-7-25/h12-17,19,21-22,24-27,34H,1,4-11,18,20H2,2-3H3/b21-19-. The van der Waals surface area contributed by atoms with Crippen LogP contribution < -0.4 is 4.74 Å². The van der Waals surface area contributed by atoms with Crippen LogP contribution in [0.4, 0.5) is 0 Å². The van der Waals surface area contributed by atoms with Crippen molar-refractivity contribution in [3.05, 3.63) is 78.3 Å². The van der Waals surface area contributed by atoms with Gasteiger partial charge in [-0.15, -0.1) is 0 Å². The van der Waals surface area contributed by atoms with Gasteiger partial charge in [0.05, 0.1) is 6.61 Å². The molecule has 0 radical (unpaired) electrons. The van der Waals surface area contributed by atoms with Crippen molar-refractivity contribution in [1.29, 1.82) is 0 Å². The number of ether oxygens (including phenoxy) is 2. The smallest absolute Gasteiger partial charge is 0.333 e. The minimum absolute atomic E-state index is 0.232. The predicted octanol–water partition coefficient (Wildman–Crippen LogP) is 8.52. The van der Waals surface area contributed by atoms with Crippen molar-refractivity contribution in [3.63, 3.8) is 0 Å². The third kappa shape index (κ3) is 7.28. The van der Waals surface area contributed by atoms with Crippen molar-refractivity contribution in [3.8, 4) is 16.9 Å². The Morgan fingerprint density at radius 2 is 1.57 bits per heavy atom. The average molecular weight is 503 g/mol. The molecule has 0 aromatic heterocycles. The second kappa shape index (κ2) is 13.0. The van der Waals surface area contributed by atoms with Crippen LogP contribution in [0.25, 0.3) is 11.1 Å². The number of rotatable bonds is 9. The number of esters is 1. The minimum Gasteiger partial charge on any atom is -0.512 e. The molecule has 198 valence electrons. The quantitative estimate of drug-likeness (QED) is 0.212. The summed E-state index contributed by atoms with van der Waals surface area (Å²) in [5.74, 6) is 3.75. The SMILES string of the molecule is C=C(C)C(=O)OCCc1cc(-c2ccc(C3CCC(C4CCC(C)CC4)CC3)cc2)ccc1O/C=C\O. The van der Waals surface area contributed by atoms with E-state index in [-0.39, 0.29) is 6.61 Å². The molecule has 2 aliphatic carbocycles. The summed E-state index contributed by atoms with van der Waals surface area (Å²) in [5, 5.41) is 9.00. The van der Waals surface area contributed by atoms with E-state index in [4.69, 9.17) is 14.6 Å². The first kappa shape index (κ1) is 27.0. The zero-order valence-corrected chi connectivity index (χ0v) is 22.5. The second-order valence-corrected chi connectivity index (χ2v) is 11.1. The maximum absolute atomic E-state index is 11.8. The van der Waals surface area contributed by atoms with E-state index >= 15 is 0 Å². The van der Waals surface area contributed by atoms with Gasteiger partial charge in [-0.3, -0.25) is 0 Å². The fourth-order valence-electron chi connectivity index (χ4n) is 6.18. The van der Waals surface area contributed by atoms with E-state index in [9.17, 15) is 4.79 Å². The monoisotopic (exact) mass is 502 g/mol. The normalized spacial score (nSPS) is 24.1. The van der Waals surface area contributed by atoms with Gasteiger partial charge in [0.2, 0.25) is 0 Å². The first-order chi connectivity index (χ1) is 17.9. The highest BCUT2D eigenvalue weighted by molar-refractivity contribution is 5.86. The van der Waals surface area contributed by atoms with Crippen LogP contribution in [0.3, 0.4) is 0 Å². The van der Waals surface area contributed by atoms with Crippen LogP contribution in [0.5, 0.6) is 5.75 Å². The number of hydrogen-bond acceptors (Lipinski definition) is 4. The molecular formula is C33H42O4. The van der Waals surface area contributed by atoms with Crippen molar-refractivity contribution < 1.29 is 19.4 Å². The maximum Gasteiger partial charge on any atom is 0.333 e. The summed E-state index contributed by atoms with van der Waals surface area (Å²) in [4.78, 5) is 11.8. The molecule has 0 amide bonds. The van der Waals surface area contributed by atoms with Gasteiger partial charge in [-0.25, -0.2) is 4.79 Å². The van der Waals surface area contributed by atoms with E-state index in [0.717, 1.165) is 40.7 Å². The second-order valence-electron chi connectivity index (χ2n) is 11.1. The third-order valence-electron chi connectivity index (χ3n) is 8.48. The van der Waals surface area contributed by atoms with Crippen molar-refractivity contribution in [2.24, 2.45) is 17.8 Å². The minimum atomic E-state index is -0.396. The van der Waals surface area contributed by atoms with E-state index in [1.807, 2.05) is 12.1 Å². The molecule has 0 bridgehead atoms. The number of carbonyl (C=O) groups is 1. The van der Waals surface area contributed by atoms with Gasteiger partial charge in [0, 0.05) is 12.0 Å². The molecular weight excluding hydrogens is 460 g/mol. The fourth-order valence-corrected chi connectivity index (χ4v) is 6.18. The van der Waals surface area contributed by atoms with Gasteiger partial charge >= 0.3 is 5.97 Å². The van der Waals surface area contributed by atoms with Crippen molar-refractivity contribution in [2.45, 2.75) is 77.6 Å². The Morgan fingerprint density at radius 1 is 0.946 bits per heavy atom. The molecule has 2 aliphatic rings. The highest BCUT2D eigenvalue weighted by Gasteiger charge is 2.30. The third-order valence-corrected chi connectivity index (χ3v) is 8.48. The Hall–Kier alpha value is -3.01. The molecule has 0 heterocycles. The molecule has 2 saturated carbocycles. The molecule has 0 unspecified atom stereocenters. The highest BCUT2D eigenvalue weighted by Crippen LogP contribution is 2.44. The molecule has 2 aromatic carbocycles. The van der Waals surface area contributed by atoms with Gasteiger partial charge in [-0.1, -0.05) is 56.7 Å². The number of carbonyl (C=O) groups excluding carboxylic acids is 1.